The van der Waals surface area contributed by atoms with E-state index in [0.717, 1.165) is 6.07 Å². The first-order valence-corrected chi connectivity index (χ1v) is 9.09. The summed E-state index contributed by atoms with van der Waals surface area (Å²) in [6.45, 7) is -0.329. The average Bonchev–Trinajstić information content (AvgIpc) is 2.52. The number of primary amides is 1. The number of nitrogens with two attached hydrogens (primary N) is 1. The van der Waals surface area contributed by atoms with E-state index in [1.54, 1.807) is 12.1 Å². The van der Waals surface area contributed by atoms with Crippen molar-refractivity contribution >= 4 is 32.1 Å². The molecule has 2 aromatic carbocycles. The van der Waals surface area contributed by atoms with Crippen molar-refractivity contribution in [2.75, 3.05) is 6.73 Å². The van der Waals surface area contributed by atoms with Gasteiger partial charge in [0.05, 0.1) is 4.90 Å². The average molecular weight is 433 g/mol. The first-order chi connectivity index (χ1) is 11.8. The van der Waals surface area contributed by atoms with Crippen molar-refractivity contribution in [2.24, 2.45) is 5.73 Å². The highest BCUT2D eigenvalue weighted by molar-refractivity contribution is 9.10. The van der Waals surface area contributed by atoms with E-state index in [1.165, 1.54) is 24.3 Å². The van der Waals surface area contributed by atoms with E-state index in [1.807, 2.05) is 0 Å². The molecule has 0 saturated carbocycles. The maximum absolute atomic E-state index is 13.8. The summed E-state index contributed by atoms with van der Waals surface area (Å²) in [4.78, 5) is 10.6. The molecule has 1 amide bonds. The van der Waals surface area contributed by atoms with Crippen molar-refractivity contribution in [1.82, 2.24) is 5.32 Å². The van der Waals surface area contributed by atoms with E-state index >= 15 is 0 Å². The minimum absolute atomic E-state index is 0.00260. The van der Waals surface area contributed by atoms with Crippen molar-refractivity contribution in [3.05, 3.63) is 58.3 Å². The molecule has 0 aromatic heterocycles. The first-order valence-electron chi connectivity index (χ1n) is 6.89. The van der Waals surface area contributed by atoms with Gasteiger partial charge in [-0.25, -0.2) is 9.18 Å². The number of carbonyl (C=O) groups excluding carboxylic acids is 1. The molecule has 0 heterocycles. The highest BCUT2D eigenvalue weighted by Crippen LogP contribution is 2.18. The van der Waals surface area contributed by atoms with Crippen LogP contribution in [0.1, 0.15) is 5.56 Å². The Morgan fingerprint density at radius 1 is 1.24 bits per heavy atom. The smallest absolute Gasteiger partial charge is 0.409 e. The Morgan fingerprint density at radius 2 is 2.00 bits per heavy atom. The molecule has 25 heavy (non-hydrogen) atoms. The number of hydrogen-bond acceptors (Lipinski definition) is 6. The van der Waals surface area contributed by atoms with Gasteiger partial charge in [0.2, 0.25) is 0 Å². The van der Waals surface area contributed by atoms with Crippen LogP contribution in [-0.4, -0.2) is 21.2 Å². The van der Waals surface area contributed by atoms with E-state index < -0.39 is 22.0 Å². The molecule has 0 saturated heterocycles. The summed E-state index contributed by atoms with van der Waals surface area (Å²) >= 11 is 3.18. The third-order valence-corrected chi connectivity index (χ3v) is 4.71. The number of amides is 1. The van der Waals surface area contributed by atoms with E-state index in [-0.39, 0.29) is 29.5 Å². The van der Waals surface area contributed by atoms with Gasteiger partial charge in [-0.2, -0.15) is 8.42 Å². The highest BCUT2D eigenvalue weighted by Gasteiger charge is 2.15. The second-order valence-corrected chi connectivity index (χ2v) is 7.31. The predicted octanol–water partition coefficient (Wildman–Crippen LogP) is 2.50. The number of carbonyl (C=O) groups is 1. The molecule has 0 spiro atoms. The van der Waals surface area contributed by atoms with Gasteiger partial charge in [0.1, 0.15) is 18.3 Å². The van der Waals surface area contributed by atoms with Gasteiger partial charge in [0, 0.05) is 22.6 Å². The van der Waals surface area contributed by atoms with Crippen LogP contribution < -0.4 is 15.8 Å². The lowest BCUT2D eigenvalue weighted by Crippen LogP contribution is -2.21. The molecular weight excluding hydrogens is 419 g/mol. The Kier molecular flexibility index (Phi) is 6.48. The lowest BCUT2D eigenvalue weighted by Gasteiger charge is -2.09. The molecule has 0 aliphatic rings. The van der Waals surface area contributed by atoms with Crippen LogP contribution in [0.2, 0.25) is 0 Å². The standard InChI is InChI=1S/C15H14BrFN2O5S/c16-11-2-1-3-13(6-11)25(21,22)23-9-19-8-10-4-5-12(7-14(10)17)24-15(18)20/h1-7,19H,8-9H2,(H2,18,20). The fourth-order valence-electron chi connectivity index (χ4n) is 1.85. The Balaban J connectivity index is 1.89. The minimum Gasteiger partial charge on any atom is -0.410 e. The maximum Gasteiger partial charge on any atom is 0.409 e. The molecule has 0 unspecified atom stereocenters. The van der Waals surface area contributed by atoms with E-state index in [4.69, 9.17) is 9.92 Å². The Bertz CT molecular complexity index is 876. The van der Waals surface area contributed by atoms with Crippen molar-refractivity contribution in [2.45, 2.75) is 11.4 Å². The van der Waals surface area contributed by atoms with Gasteiger partial charge >= 0.3 is 6.09 Å². The topological polar surface area (TPSA) is 108 Å². The Labute approximate surface area is 152 Å². The lowest BCUT2D eigenvalue weighted by atomic mass is 10.2. The molecule has 134 valence electrons. The molecule has 0 radical (unpaired) electrons. The maximum atomic E-state index is 13.8. The summed E-state index contributed by atoms with van der Waals surface area (Å²) in [5, 5.41) is 2.66. The molecule has 0 aliphatic heterocycles. The number of halogens is 2. The molecule has 2 aromatic rings. The van der Waals surface area contributed by atoms with Crippen LogP contribution in [-0.2, 0) is 20.8 Å². The van der Waals surface area contributed by atoms with Crippen LogP contribution >= 0.6 is 15.9 Å². The number of nitrogens with one attached hydrogen (secondary N) is 1. The molecule has 0 atom stereocenters. The predicted molar refractivity (Wildman–Crippen MR) is 90.7 cm³/mol. The van der Waals surface area contributed by atoms with Gasteiger partial charge < -0.3 is 10.5 Å². The zero-order valence-corrected chi connectivity index (χ0v) is 15.1. The summed E-state index contributed by atoms with van der Waals surface area (Å²) in [5.41, 5.74) is 5.07. The number of ether oxygens (including phenoxy) is 1. The van der Waals surface area contributed by atoms with Gasteiger partial charge in [-0.3, -0.25) is 9.50 Å². The molecule has 0 aliphatic carbocycles. The Morgan fingerprint density at radius 3 is 2.64 bits per heavy atom. The molecule has 0 bridgehead atoms. The third-order valence-electron chi connectivity index (χ3n) is 2.96. The Hall–Kier alpha value is -2.01. The summed E-state index contributed by atoms with van der Waals surface area (Å²) in [7, 11) is -3.93. The fraction of sp³-hybridized carbons (Fsp3) is 0.133. The third kappa shape index (κ3) is 5.78. The molecule has 3 N–H and O–H groups in total. The van der Waals surface area contributed by atoms with Gasteiger partial charge in [0.25, 0.3) is 10.1 Å². The molecule has 10 heteroatoms. The van der Waals surface area contributed by atoms with E-state index in [9.17, 15) is 17.6 Å². The van der Waals surface area contributed by atoms with Crippen molar-refractivity contribution in [3.63, 3.8) is 0 Å². The molecular formula is C15H14BrFN2O5S. The first kappa shape index (κ1) is 19.3. The van der Waals surface area contributed by atoms with Crippen LogP contribution in [0.4, 0.5) is 9.18 Å². The van der Waals surface area contributed by atoms with Gasteiger partial charge in [0.15, 0.2) is 0 Å². The number of hydrogen-bond donors (Lipinski definition) is 2. The summed E-state index contributed by atoms with van der Waals surface area (Å²) in [6, 6.07) is 9.81. The largest absolute Gasteiger partial charge is 0.410 e. The van der Waals surface area contributed by atoms with Gasteiger partial charge in [-0.15, -0.1) is 0 Å². The SMILES string of the molecule is NC(=O)Oc1ccc(CNCOS(=O)(=O)c2cccc(Br)c2)c(F)c1. The second kappa shape index (κ2) is 8.39. The monoisotopic (exact) mass is 432 g/mol. The van der Waals surface area contributed by atoms with Crippen LogP contribution in [0.25, 0.3) is 0 Å². The van der Waals surface area contributed by atoms with Crippen LogP contribution in [0.3, 0.4) is 0 Å². The minimum atomic E-state index is -3.93. The fourth-order valence-corrected chi connectivity index (χ4v) is 3.29. The lowest BCUT2D eigenvalue weighted by molar-refractivity contribution is 0.210. The van der Waals surface area contributed by atoms with Crippen LogP contribution in [0.5, 0.6) is 5.75 Å². The summed E-state index contributed by atoms with van der Waals surface area (Å²) in [6.07, 6.45) is -1.04. The number of benzene rings is 2. The van der Waals surface area contributed by atoms with Crippen molar-refractivity contribution in [3.8, 4) is 5.75 Å². The van der Waals surface area contributed by atoms with E-state index in [2.05, 4.69) is 26.0 Å². The zero-order chi connectivity index (χ0) is 18.4. The quantitative estimate of drug-likeness (QED) is 0.395. The molecule has 2 rings (SSSR count). The van der Waals surface area contributed by atoms with Gasteiger partial charge in [-0.1, -0.05) is 28.1 Å². The zero-order valence-electron chi connectivity index (χ0n) is 12.7. The molecule has 0 fully saturated rings. The second-order valence-electron chi connectivity index (χ2n) is 4.77. The summed E-state index contributed by atoms with van der Waals surface area (Å²) in [5.74, 6) is -0.664. The van der Waals surface area contributed by atoms with Crippen molar-refractivity contribution < 1.29 is 26.5 Å². The van der Waals surface area contributed by atoms with Crippen LogP contribution in [0.15, 0.2) is 51.8 Å². The number of rotatable bonds is 7. The summed E-state index contributed by atoms with van der Waals surface area (Å²) < 4.78 is 47.8. The molecule has 7 nitrogen and oxygen atoms in total. The van der Waals surface area contributed by atoms with Crippen molar-refractivity contribution in [1.29, 1.82) is 0 Å². The van der Waals surface area contributed by atoms with Gasteiger partial charge in [-0.05, 0) is 24.3 Å². The van der Waals surface area contributed by atoms with Crippen LogP contribution in [0, 0.1) is 5.82 Å². The highest BCUT2D eigenvalue weighted by atomic mass is 79.9. The van der Waals surface area contributed by atoms with E-state index in [0.29, 0.717) is 4.47 Å². The normalized spacial score (nSPS) is 11.3.